The number of nitrogens with zero attached hydrogens (tertiary/aromatic N) is 1. The van der Waals surface area contributed by atoms with Gasteiger partial charge in [0.25, 0.3) is 5.69 Å². The van der Waals surface area contributed by atoms with Gasteiger partial charge in [-0.05, 0) is 24.8 Å². The Hall–Kier alpha value is -1.42. The van der Waals surface area contributed by atoms with Crippen LogP contribution in [0, 0.1) is 22.0 Å². The fourth-order valence-electron chi connectivity index (χ4n) is 2.93. The molecule has 1 aliphatic rings. The SMILES string of the molecule is CC1CCCCC1CNCc1ccccc1[N+](=O)[O-]. The van der Waals surface area contributed by atoms with Crippen LogP contribution in [-0.4, -0.2) is 11.5 Å². The Morgan fingerprint density at radius 1 is 1.32 bits per heavy atom. The minimum Gasteiger partial charge on any atom is -0.312 e. The molecule has 1 aliphatic carbocycles. The molecule has 1 aromatic rings. The van der Waals surface area contributed by atoms with Gasteiger partial charge in [-0.2, -0.15) is 0 Å². The van der Waals surface area contributed by atoms with Crippen LogP contribution >= 0.6 is 0 Å². The molecule has 1 N–H and O–H groups in total. The Morgan fingerprint density at radius 3 is 2.79 bits per heavy atom. The van der Waals surface area contributed by atoms with Crippen LogP contribution in [0.2, 0.25) is 0 Å². The second kappa shape index (κ2) is 6.66. The molecule has 4 heteroatoms. The zero-order valence-electron chi connectivity index (χ0n) is 11.5. The number of para-hydroxylation sites is 1. The molecule has 104 valence electrons. The molecule has 0 aliphatic heterocycles. The van der Waals surface area contributed by atoms with E-state index in [2.05, 4.69) is 12.2 Å². The Balaban J connectivity index is 1.87. The van der Waals surface area contributed by atoms with Gasteiger partial charge in [0.2, 0.25) is 0 Å². The Bertz CT molecular complexity index is 434. The molecule has 4 nitrogen and oxygen atoms in total. The lowest BCUT2D eigenvalue weighted by atomic mass is 9.80. The predicted octanol–water partition coefficient (Wildman–Crippen LogP) is 3.51. The first-order chi connectivity index (χ1) is 9.18. The Kier molecular flexibility index (Phi) is 4.91. The lowest BCUT2D eigenvalue weighted by Crippen LogP contribution is -2.29. The summed E-state index contributed by atoms with van der Waals surface area (Å²) in [4.78, 5) is 10.6. The quantitative estimate of drug-likeness (QED) is 0.652. The summed E-state index contributed by atoms with van der Waals surface area (Å²) in [5.41, 5.74) is 0.989. The van der Waals surface area contributed by atoms with Crippen molar-refractivity contribution in [2.75, 3.05) is 6.54 Å². The second-order valence-electron chi connectivity index (χ2n) is 5.54. The van der Waals surface area contributed by atoms with E-state index in [9.17, 15) is 10.1 Å². The van der Waals surface area contributed by atoms with Crippen LogP contribution in [0.15, 0.2) is 24.3 Å². The molecule has 2 unspecified atom stereocenters. The van der Waals surface area contributed by atoms with E-state index in [4.69, 9.17) is 0 Å². The van der Waals surface area contributed by atoms with Crippen LogP contribution < -0.4 is 5.32 Å². The van der Waals surface area contributed by atoms with Crippen LogP contribution in [0.3, 0.4) is 0 Å². The third kappa shape index (κ3) is 3.77. The molecule has 0 aromatic heterocycles. The van der Waals surface area contributed by atoms with Gasteiger partial charge >= 0.3 is 0 Å². The van der Waals surface area contributed by atoms with Crippen molar-refractivity contribution in [3.05, 3.63) is 39.9 Å². The maximum Gasteiger partial charge on any atom is 0.273 e. The topological polar surface area (TPSA) is 55.2 Å². The van der Waals surface area contributed by atoms with Gasteiger partial charge in [0.05, 0.1) is 4.92 Å². The van der Waals surface area contributed by atoms with E-state index < -0.39 is 0 Å². The molecular weight excluding hydrogens is 240 g/mol. The summed E-state index contributed by atoms with van der Waals surface area (Å²) < 4.78 is 0. The van der Waals surface area contributed by atoms with Crippen LogP contribution in [0.1, 0.15) is 38.2 Å². The predicted molar refractivity (Wildman–Crippen MR) is 75.9 cm³/mol. The van der Waals surface area contributed by atoms with E-state index in [1.807, 2.05) is 12.1 Å². The van der Waals surface area contributed by atoms with E-state index in [0.717, 1.165) is 23.9 Å². The molecule has 0 spiro atoms. The average molecular weight is 262 g/mol. The molecule has 0 heterocycles. The van der Waals surface area contributed by atoms with E-state index in [1.54, 1.807) is 12.1 Å². The molecule has 1 fully saturated rings. The minimum atomic E-state index is -0.305. The second-order valence-corrected chi connectivity index (χ2v) is 5.54. The van der Waals surface area contributed by atoms with E-state index in [0.29, 0.717) is 6.54 Å². The van der Waals surface area contributed by atoms with Crippen LogP contribution in [0.4, 0.5) is 5.69 Å². The highest BCUT2D eigenvalue weighted by Crippen LogP contribution is 2.29. The highest BCUT2D eigenvalue weighted by molar-refractivity contribution is 5.39. The summed E-state index contributed by atoms with van der Waals surface area (Å²) in [6.45, 7) is 3.87. The molecule has 19 heavy (non-hydrogen) atoms. The van der Waals surface area contributed by atoms with Crippen molar-refractivity contribution < 1.29 is 4.92 Å². The zero-order valence-corrected chi connectivity index (χ0v) is 11.5. The van der Waals surface area contributed by atoms with Gasteiger partial charge in [-0.15, -0.1) is 0 Å². The zero-order chi connectivity index (χ0) is 13.7. The number of hydrogen-bond donors (Lipinski definition) is 1. The third-order valence-electron chi connectivity index (χ3n) is 4.20. The van der Waals surface area contributed by atoms with Gasteiger partial charge in [-0.1, -0.05) is 44.4 Å². The normalized spacial score (nSPS) is 23.2. The van der Waals surface area contributed by atoms with E-state index in [1.165, 1.54) is 25.7 Å². The van der Waals surface area contributed by atoms with Gasteiger partial charge in [-0.25, -0.2) is 0 Å². The first kappa shape index (κ1) is 14.0. The molecule has 1 aromatic carbocycles. The maximum atomic E-state index is 10.9. The summed E-state index contributed by atoms with van der Waals surface area (Å²) >= 11 is 0. The van der Waals surface area contributed by atoms with Crippen molar-refractivity contribution in [3.63, 3.8) is 0 Å². The van der Waals surface area contributed by atoms with E-state index in [-0.39, 0.29) is 10.6 Å². The fourth-order valence-corrected chi connectivity index (χ4v) is 2.93. The van der Waals surface area contributed by atoms with Gasteiger partial charge in [-0.3, -0.25) is 10.1 Å². The minimum absolute atomic E-state index is 0.215. The Labute approximate surface area is 114 Å². The van der Waals surface area contributed by atoms with Gasteiger partial charge in [0, 0.05) is 18.2 Å². The number of benzene rings is 1. The molecule has 2 atom stereocenters. The maximum absolute atomic E-state index is 10.9. The summed E-state index contributed by atoms with van der Waals surface area (Å²) in [6, 6.07) is 6.97. The lowest BCUT2D eigenvalue weighted by molar-refractivity contribution is -0.385. The van der Waals surface area contributed by atoms with Crippen molar-refractivity contribution in [1.82, 2.24) is 5.32 Å². The average Bonchev–Trinajstić information content (AvgIpc) is 2.41. The third-order valence-corrected chi connectivity index (χ3v) is 4.20. The van der Waals surface area contributed by atoms with Crippen molar-refractivity contribution >= 4 is 5.69 Å². The van der Waals surface area contributed by atoms with Gasteiger partial charge < -0.3 is 5.32 Å². The van der Waals surface area contributed by atoms with Gasteiger partial charge in [0.1, 0.15) is 0 Å². The summed E-state index contributed by atoms with van der Waals surface area (Å²) in [6.07, 6.45) is 5.27. The number of rotatable bonds is 5. The molecule has 0 radical (unpaired) electrons. The molecule has 1 saturated carbocycles. The van der Waals surface area contributed by atoms with Crippen molar-refractivity contribution in [2.24, 2.45) is 11.8 Å². The molecule has 0 bridgehead atoms. The summed E-state index contributed by atoms with van der Waals surface area (Å²) in [5, 5.41) is 14.3. The van der Waals surface area contributed by atoms with Crippen LogP contribution in [0.5, 0.6) is 0 Å². The first-order valence-electron chi connectivity index (χ1n) is 7.11. The first-order valence-corrected chi connectivity index (χ1v) is 7.11. The number of hydrogen-bond acceptors (Lipinski definition) is 3. The number of nitrogens with one attached hydrogen (secondary N) is 1. The summed E-state index contributed by atoms with van der Waals surface area (Å²) in [5.74, 6) is 1.49. The molecule has 0 saturated heterocycles. The fraction of sp³-hybridized carbons (Fsp3) is 0.600. The largest absolute Gasteiger partial charge is 0.312 e. The monoisotopic (exact) mass is 262 g/mol. The molecule has 0 amide bonds. The number of nitro groups is 1. The highest BCUT2D eigenvalue weighted by atomic mass is 16.6. The molecule has 2 rings (SSSR count). The van der Waals surface area contributed by atoms with Crippen molar-refractivity contribution in [1.29, 1.82) is 0 Å². The van der Waals surface area contributed by atoms with Crippen LogP contribution in [0.25, 0.3) is 0 Å². The Morgan fingerprint density at radius 2 is 2.05 bits per heavy atom. The van der Waals surface area contributed by atoms with Crippen molar-refractivity contribution in [2.45, 2.75) is 39.2 Å². The lowest BCUT2D eigenvalue weighted by Gasteiger charge is -2.28. The van der Waals surface area contributed by atoms with E-state index >= 15 is 0 Å². The van der Waals surface area contributed by atoms with Crippen molar-refractivity contribution in [3.8, 4) is 0 Å². The highest BCUT2D eigenvalue weighted by Gasteiger charge is 2.21. The standard InChI is InChI=1S/C15H22N2O2/c1-12-6-2-3-7-13(12)10-16-11-14-8-4-5-9-15(14)17(18)19/h4-5,8-9,12-13,16H,2-3,6-7,10-11H2,1H3. The van der Waals surface area contributed by atoms with Gasteiger partial charge in [0.15, 0.2) is 0 Å². The number of nitro benzene ring substituents is 1. The smallest absolute Gasteiger partial charge is 0.273 e. The molecular formula is C15H22N2O2. The van der Waals surface area contributed by atoms with Crippen LogP contribution in [-0.2, 0) is 6.54 Å². The summed E-state index contributed by atoms with van der Waals surface area (Å²) in [7, 11) is 0.